The largest absolute Gasteiger partial charge is 0.467 e. The predicted molar refractivity (Wildman–Crippen MR) is 105 cm³/mol. The number of methoxy groups -OCH3 is 1. The minimum absolute atomic E-state index is 0.0546. The smallest absolute Gasteiger partial charge is 0.328 e. The standard InChI is InChI=1S/C20H25N3O6/c1-12(2)10-15(20(27)28-3)22-17(24)11-29-18(25)9-8-16-21-14-7-5-4-6-13(14)19(26)23-16/h4-7,12,15H,8-11H2,1-3H3,(H,22,24)(H,21,23,26)/t15-/m0/s1. The first-order valence-electron chi connectivity index (χ1n) is 9.31. The van der Waals surface area contributed by atoms with E-state index in [4.69, 9.17) is 4.74 Å². The minimum Gasteiger partial charge on any atom is -0.467 e. The van der Waals surface area contributed by atoms with Gasteiger partial charge in [-0.15, -0.1) is 0 Å². The summed E-state index contributed by atoms with van der Waals surface area (Å²) in [4.78, 5) is 54.5. The Morgan fingerprint density at radius 3 is 2.62 bits per heavy atom. The van der Waals surface area contributed by atoms with Crippen LogP contribution in [-0.2, 0) is 30.3 Å². The summed E-state index contributed by atoms with van der Waals surface area (Å²) in [5.74, 6) is -1.23. The molecule has 29 heavy (non-hydrogen) atoms. The molecule has 0 fully saturated rings. The van der Waals surface area contributed by atoms with Crippen molar-refractivity contribution in [3.63, 3.8) is 0 Å². The molecule has 1 aromatic carbocycles. The van der Waals surface area contributed by atoms with Crippen molar-refractivity contribution < 1.29 is 23.9 Å². The van der Waals surface area contributed by atoms with Gasteiger partial charge in [-0.1, -0.05) is 26.0 Å². The number of hydrogen-bond acceptors (Lipinski definition) is 7. The van der Waals surface area contributed by atoms with E-state index in [0.717, 1.165) is 0 Å². The van der Waals surface area contributed by atoms with Gasteiger partial charge in [0.15, 0.2) is 6.61 Å². The fraction of sp³-hybridized carbons (Fsp3) is 0.450. The van der Waals surface area contributed by atoms with E-state index in [1.54, 1.807) is 24.3 Å². The van der Waals surface area contributed by atoms with Gasteiger partial charge < -0.3 is 19.8 Å². The van der Waals surface area contributed by atoms with E-state index >= 15 is 0 Å². The van der Waals surface area contributed by atoms with Gasteiger partial charge >= 0.3 is 11.9 Å². The number of fused-ring (bicyclic) bond motifs is 1. The average molecular weight is 403 g/mol. The van der Waals surface area contributed by atoms with Gasteiger partial charge in [0.05, 0.1) is 24.4 Å². The number of ether oxygens (including phenoxy) is 2. The van der Waals surface area contributed by atoms with Gasteiger partial charge in [0.2, 0.25) is 0 Å². The summed E-state index contributed by atoms with van der Waals surface area (Å²) in [6, 6.07) is 6.10. The third-order valence-electron chi connectivity index (χ3n) is 4.12. The second kappa shape index (κ2) is 10.4. The Morgan fingerprint density at radius 1 is 1.21 bits per heavy atom. The minimum atomic E-state index is -0.793. The number of hydrogen-bond donors (Lipinski definition) is 2. The summed E-state index contributed by atoms with van der Waals surface area (Å²) in [5.41, 5.74) is 0.260. The van der Waals surface area contributed by atoms with Crippen molar-refractivity contribution in [3.05, 3.63) is 40.4 Å². The number of rotatable bonds is 9. The topological polar surface area (TPSA) is 127 Å². The van der Waals surface area contributed by atoms with E-state index in [1.807, 2.05) is 13.8 Å². The molecule has 0 saturated heterocycles. The van der Waals surface area contributed by atoms with Gasteiger partial charge in [0.1, 0.15) is 11.9 Å². The lowest BCUT2D eigenvalue weighted by molar-refractivity contribution is -0.150. The van der Waals surface area contributed by atoms with E-state index in [9.17, 15) is 19.2 Å². The monoisotopic (exact) mass is 403 g/mol. The van der Waals surface area contributed by atoms with Gasteiger partial charge in [-0.25, -0.2) is 9.78 Å². The van der Waals surface area contributed by atoms with Crippen LogP contribution in [0, 0.1) is 5.92 Å². The van der Waals surface area contributed by atoms with E-state index < -0.39 is 30.5 Å². The number of aromatic amines is 1. The highest BCUT2D eigenvalue weighted by molar-refractivity contribution is 5.86. The molecule has 1 heterocycles. The number of esters is 2. The molecule has 0 unspecified atom stereocenters. The van der Waals surface area contributed by atoms with Crippen LogP contribution >= 0.6 is 0 Å². The molecule has 156 valence electrons. The highest BCUT2D eigenvalue weighted by atomic mass is 16.5. The number of para-hydroxylation sites is 1. The lowest BCUT2D eigenvalue weighted by Crippen LogP contribution is -2.44. The van der Waals surface area contributed by atoms with Crippen LogP contribution in [0.5, 0.6) is 0 Å². The van der Waals surface area contributed by atoms with E-state index in [0.29, 0.717) is 23.1 Å². The maximum Gasteiger partial charge on any atom is 0.328 e. The highest BCUT2D eigenvalue weighted by Crippen LogP contribution is 2.08. The molecular formula is C20H25N3O6. The Morgan fingerprint density at radius 2 is 1.93 bits per heavy atom. The second-order valence-electron chi connectivity index (χ2n) is 6.96. The summed E-state index contributed by atoms with van der Waals surface area (Å²) in [6.45, 7) is 3.31. The normalized spacial score (nSPS) is 11.9. The summed E-state index contributed by atoms with van der Waals surface area (Å²) in [6.07, 6.45) is 0.521. The van der Waals surface area contributed by atoms with Crippen molar-refractivity contribution in [2.45, 2.75) is 39.2 Å². The Bertz CT molecular complexity index is 937. The van der Waals surface area contributed by atoms with Crippen molar-refractivity contribution >= 4 is 28.7 Å². The van der Waals surface area contributed by atoms with Crippen molar-refractivity contribution in [2.24, 2.45) is 5.92 Å². The average Bonchev–Trinajstić information content (AvgIpc) is 2.69. The van der Waals surface area contributed by atoms with Crippen LogP contribution in [0.15, 0.2) is 29.1 Å². The SMILES string of the molecule is COC(=O)[C@H](CC(C)C)NC(=O)COC(=O)CCc1nc2ccccc2c(=O)[nH]1. The van der Waals surface area contributed by atoms with Gasteiger partial charge in [0.25, 0.3) is 11.5 Å². The number of benzene rings is 1. The zero-order valence-corrected chi connectivity index (χ0v) is 16.7. The number of nitrogens with one attached hydrogen (secondary N) is 2. The number of H-pyrrole nitrogens is 1. The van der Waals surface area contributed by atoms with E-state index in [2.05, 4.69) is 20.0 Å². The number of carbonyl (C=O) groups is 3. The Balaban J connectivity index is 1.84. The van der Waals surface area contributed by atoms with Crippen molar-refractivity contribution in [3.8, 4) is 0 Å². The zero-order valence-electron chi connectivity index (χ0n) is 16.7. The summed E-state index contributed by atoms with van der Waals surface area (Å²) in [5, 5.41) is 2.97. The molecule has 9 heteroatoms. The molecule has 0 radical (unpaired) electrons. The first-order valence-corrected chi connectivity index (χ1v) is 9.31. The van der Waals surface area contributed by atoms with Crippen LogP contribution in [0.4, 0.5) is 0 Å². The molecule has 2 rings (SSSR count). The van der Waals surface area contributed by atoms with Gasteiger partial charge in [-0.2, -0.15) is 0 Å². The number of aromatic nitrogens is 2. The first-order chi connectivity index (χ1) is 13.8. The molecule has 1 aromatic heterocycles. The van der Waals surface area contributed by atoms with Crippen LogP contribution in [0.3, 0.4) is 0 Å². The molecule has 0 aliphatic rings. The van der Waals surface area contributed by atoms with Crippen LogP contribution in [0.1, 0.15) is 32.5 Å². The van der Waals surface area contributed by atoms with Crippen molar-refractivity contribution in [2.75, 3.05) is 13.7 Å². The molecule has 2 N–H and O–H groups in total. The van der Waals surface area contributed by atoms with Crippen LogP contribution in [-0.4, -0.2) is 47.6 Å². The first kappa shape index (κ1) is 22.1. The molecule has 0 aliphatic carbocycles. The maximum atomic E-state index is 12.0. The summed E-state index contributed by atoms with van der Waals surface area (Å²) < 4.78 is 9.61. The molecule has 1 amide bonds. The van der Waals surface area contributed by atoms with Crippen molar-refractivity contribution in [1.29, 1.82) is 0 Å². The fourth-order valence-corrected chi connectivity index (χ4v) is 2.76. The van der Waals surface area contributed by atoms with Gasteiger partial charge in [-0.3, -0.25) is 14.4 Å². The number of amides is 1. The van der Waals surface area contributed by atoms with E-state index in [1.165, 1.54) is 7.11 Å². The molecule has 0 aliphatic heterocycles. The quantitative estimate of drug-likeness (QED) is 0.600. The Labute approximate surface area is 167 Å². The fourth-order valence-electron chi connectivity index (χ4n) is 2.76. The summed E-state index contributed by atoms with van der Waals surface area (Å²) in [7, 11) is 1.24. The lowest BCUT2D eigenvalue weighted by atomic mass is 10.0. The van der Waals surface area contributed by atoms with Gasteiger partial charge in [0, 0.05) is 6.42 Å². The Hall–Kier alpha value is -3.23. The van der Waals surface area contributed by atoms with Gasteiger partial charge in [-0.05, 0) is 24.5 Å². The molecule has 1 atom stereocenters. The second-order valence-corrected chi connectivity index (χ2v) is 6.96. The molecule has 0 saturated carbocycles. The summed E-state index contributed by atoms with van der Waals surface area (Å²) >= 11 is 0. The Kier molecular flexibility index (Phi) is 7.88. The van der Waals surface area contributed by atoms with Crippen LogP contribution in [0.2, 0.25) is 0 Å². The maximum absolute atomic E-state index is 12.0. The molecule has 9 nitrogen and oxygen atoms in total. The third-order valence-corrected chi connectivity index (χ3v) is 4.12. The molecular weight excluding hydrogens is 378 g/mol. The molecule has 0 bridgehead atoms. The predicted octanol–water partition coefficient (Wildman–Crippen LogP) is 1.10. The third kappa shape index (κ3) is 6.70. The highest BCUT2D eigenvalue weighted by Gasteiger charge is 2.23. The van der Waals surface area contributed by atoms with E-state index in [-0.39, 0.29) is 24.3 Å². The molecule has 0 spiro atoms. The molecule has 2 aromatic rings. The lowest BCUT2D eigenvalue weighted by Gasteiger charge is -2.18. The number of aryl methyl sites for hydroxylation is 1. The zero-order chi connectivity index (χ0) is 21.4. The number of carbonyl (C=O) groups excluding carboxylic acids is 3. The number of nitrogens with zero attached hydrogens (tertiary/aromatic N) is 1. The van der Waals surface area contributed by atoms with Crippen LogP contribution < -0.4 is 10.9 Å². The van der Waals surface area contributed by atoms with Crippen molar-refractivity contribution in [1.82, 2.24) is 15.3 Å². The van der Waals surface area contributed by atoms with Crippen LogP contribution in [0.25, 0.3) is 10.9 Å².